The molecule has 1 amide bonds. The molecule has 1 heterocycles. The van der Waals surface area contributed by atoms with Gasteiger partial charge >= 0.3 is 0 Å². The van der Waals surface area contributed by atoms with E-state index in [1.54, 1.807) is 13.0 Å². The van der Waals surface area contributed by atoms with Gasteiger partial charge in [0.25, 0.3) is 5.91 Å². The second-order valence-electron chi connectivity index (χ2n) is 5.60. The molecule has 0 aliphatic carbocycles. The van der Waals surface area contributed by atoms with Gasteiger partial charge in [-0.25, -0.2) is 9.97 Å². The number of carbonyl (C=O) groups is 1. The van der Waals surface area contributed by atoms with Crippen molar-refractivity contribution in [2.24, 2.45) is 0 Å². The fourth-order valence-corrected chi connectivity index (χ4v) is 2.25. The van der Waals surface area contributed by atoms with Crippen LogP contribution in [0.25, 0.3) is 0 Å². The van der Waals surface area contributed by atoms with Gasteiger partial charge in [-0.3, -0.25) is 4.79 Å². The molecule has 122 valence electrons. The van der Waals surface area contributed by atoms with Gasteiger partial charge in [-0.15, -0.1) is 0 Å². The smallest absolute Gasteiger partial charge is 0.274 e. The molecule has 5 nitrogen and oxygen atoms in total. The molecule has 2 rings (SSSR count). The van der Waals surface area contributed by atoms with E-state index in [9.17, 15) is 4.79 Å². The fraction of sp³-hybridized carbons (Fsp3) is 0.389. The Balaban J connectivity index is 2.22. The fourth-order valence-electron chi connectivity index (χ4n) is 2.25. The van der Waals surface area contributed by atoms with Crippen LogP contribution in [0.4, 0.5) is 11.5 Å². The molecule has 1 unspecified atom stereocenters. The van der Waals surface area contributed by atoms with Crippen molar-refractivity contribution in [3.63, 3.8) is 0 Å². The van der Waals surface area contributed by atoms with Crippen molar-refractivity contribution in [2.45, 2.75) is 46.6 Å². The first-order valence-electron chi connectivity index (χ1n) is 8.05. The Morgan fingerprint density at radius 1 is 1.22 bits per heavy atom. The summed E-state index contributed by atoms with van der Waals surface area (Å²) in [6.45, 7) is 8.03. The van der Waals surface area contributed by atoms with Crippen LogP contribution < -0.4 is 10.6 Å². The molecule has 0 fully saturated rings. The molecular weight excluding hydrogens is 288 g/mol. The molecule has 2 N–H and O–H groups in total. The monoisotopic (exact) mass is 312 g/mol. The average molecular weight is 312 g/mol. The van der Waals surface area contributed by atoms with Gasteiger partial charge in [0, 0.05) is 17.8 Å². The quantitative estimate of drug-likeness (QED) is 0.851. The van der Waals surface area contributed by atoms with Gasteiger partial charge in [-0.1, -0.05) is 32.0 Å². The number of nitrogens with one attached hydrogen (secondary N) is 2. The highest BCUT2D eigenvalue weighted by Gasteiger charge is 2.13. The lowest BCUT2D eigenvalue weighted by Crippen LogP contribution is -2.19. The van der Waals surface area contributed by atoms with E-state index in [0.29, 0.717) is 23.4 Å². The van der Waals surface area contributed by atoms with Gasteiger partial charge in [-0.05, 0) is 38.3 Å². The van der Waals surface area contributed by atoms with Gasteiger partial charge in [0.1, 0.15) is 17.3 Å². The summed E-state index contributed by atoms with van der Waals surface area (Å²) in [6.07, 6.45) is 1.84. The number of anilines is 2. The second kappa shape index (κ2) is 7.72. The van der Waals surface area contributed by atoms with Gasteiger partial charge in [0.2, 0.25) is 0 Å². The maximum absolute atomic E-state index is 12.5. The van der Waals surface area contributed by atoms with Gasteiger partial charge in [0.15, 0.2) is 0 Å². The third-order valence-corrected chi connectivity index (χ3v) is 3.72. The number of rotatable bonds is 6. The first kappa shape index (κ1) is 16.9. The molecule has 0 aliphatic heterocycles. The normalized spacial score (nSPS) is 11.8. The van der Waals surface area contributed by atoms with Crippen molar-refractivity contribution in [1.82, 2.24) is 9.97 Å². The lowest BCUT2D eigenvalue weighted by molar-refractivity contribution is 0.102. The van der Waals surface area contributed by atoms with Crippen LogP contribution in [0.2, 0.25) is 0 Å². The van der Waals surface area contributed by atoms with E-state index in [-0.39, 0.29) is 5.91 Å². The predicted molar refractivity (Wildman–Crippen MR) is 93.9 cm³/mol. The number of para-hydroxylation sites is 1. The Kier molecular flexibility index (Phi) is 5.68. The van der Waals surface area contributed by atoms with Crippen molar-refractivity contribution in [2.75, 3.05) is 10.6 Å². The van der Waals surface area contributed by atoms with Crippen LogP contribution >= 0.6 is 0 Å². The molecule has 1 atom stereocenters. The number of benzene rings is 1. The molecule has 23 heavy (non-hydrogen) atoms. The molecule has 2 aromatic rings. The van der Waals surface area contributed by atoms with Crippen molar-refractivity contribution in [3.8, 4) is 0 Å². The summed E-state index contributed by atoms with van der Waals surface area (Å²) in [5.74, 6) is 1.04. The summed E-state index contributed by atoms with van der Waals surface area (Å²) in [6, 6.07) is 9.79. The number of nitrogens with zero attached hydrogens (tertiary/aromatic N) is 2. The van der Waals surface area contributed by atoms with Crippen LogP contribution in [-0.4, -0.2) is 21.9 Å². The molecule has 1 aromatic carbocycles. The largest absolute Gasteiger partial charge is 0.368 e. The zero-order valence-corrected chi connectivity index (χ0v) is 14.2. The molecule has 0 spiro atoms. The summed E-state index contributed by atoms with van der Waals surface area (Å²) >= 11 is 0. The summed E-state index contributed by atoms with van der Waals surface area (Å²) < 4.78 is 0. The summed E-state index contributed by atoms with van der Waals surface area (Å²) in [5, 5.41) is 6.23. The zero-order chi connectivity index (χ0) is 16.8. The third-order valence-electron chi connectivity index (χ3n) is 3.72. The molecular formula is C18H24N4O. The standard InChI is InChI=1S/C18H24N4O/c1-5-12(3)19-17-11-16(20-13(4)21-17)18(23)22-15-10-8-7-9-14(15)6-2/h7-12H,5-6H2,1-4H3,(H,22,23)(H,19,20,21). The minimum Gasteiger partial charge on any atom is -0.368 e. The van der Waals surface area contributed by atoms with Crippen molar-refractivity contribution < 1.29 is 4.79 Å². The minimum atomic E-state index is -0.219. The molecule has 0 aliphatic rings. The zero-order valence-electron chi connectivity index (χ0n) is 14.2. The Morgan fingerprint density at radius 3 is 2.65 bits per heavy atom. The highest BCUT2D eigenvalue weighted by molar-refractivity contribution is 6.03. The minimum absolute atomic E-state index is 0.219. The maximum atomic E-state index is 12.5. The molecule has 1 aromatic heterocycles. The van der Waals surface area contributed by atoms with Gasteiger partial charge in [-0.2, -0.15) is 0 Å². The van der Waals surface area contributed by atoms with Crippen molar-refractivity contribution in [1.29, 1.82) is 0 Å². The van der Waals surface area contributed by atoms with Crippen molar-refractivity contribution in [3.05, 3.63) is 47.4 Å². The lowest BCUT2D eigenvalue weighted by Gasteiger charge is -2.14. The highest BCUT2D eigenvalue weighted by Crippen LogP contribution is 2.17. The topological polar surface area (TPSA) is 66.9 Å². The van der Waals surface area contributed by atoms with Crippen LogP contribution in [0.5, 0.6) is 0 Å². The van der Waals surface area contributed by atoms with E-state index in [4.69, 9.17) is 0 Å². The Labute approximate surface area is 137 Å². The number of aromatic nitrogens is 2. The average Bonchev–Trinajstić information content (AvgIpc) is 2.54. The first-order valence-corrected chi connectivity index (χ1v) is 8.05. The van der Waals surface area contributed by atoms with E-state index >= 15 is 0 Å². The third kappa shape index (κ3) is 4.52. The molecule has 0 radical (unpaired) electrons. The van der Waals surface area contributed by atoms with E-state index in [2.05, 4.69) is 41.4 Å². The predicted octanol–water partition coefficient (Wildman–Crippen LogP) is 3.81. The summed E-state index contributed by atoms with van der Waals surface area (Å²) in [5.41, 5.74) is 2.30. The van der Waals surface area contributed by atoms with Gasteiger partial charge in [0.05, 0.1) is 0 Å². The maximum Gasteiger partial charge on any atom is 0.274 e. The molecule has 0 bridgehead atoms. The van der Waals surface area contributed by atoms with E-state index < -0.39 is 0 Å². The number of hydrogen-bond acceptors (Lipinski definition) is 4. The lowest BCUT2D eigenvalue weighted by atomic mass is 10.1. The molecule has 5 heteroatoms. The van der Waals surface area contributed by atoms with E-state index in [1.807, 2.05) is 24.3 Å². The SMILES string of the molecule is CCc1ccccc1NC(=O)c1cc(NC(C)CC)nc(C)n1. The number of carbonyl (C=O) groups excluding carboxylic acids is 1. The van der Waals surface area contributed by atoms with Crippen LogP contribution in [0.15, 0.2) is 30.3 Å². The Morgan fingerprint density at radius 2 is 1.96 bits per heavy atom. The summed E-state index contributed by atoms with van der Waals surface area (Å²) in [4.78, 5) is 21.1. The summed E-state index contributed by atoms with van der Waals surface area (Å²) in [7, 11) is 0. The van der Waals surface area contributed by atoms with Gasteiger partial charge < -0.3 is 10.6 Å². The number of hydrogen-bond donors (Lipinski definition) is 2. The first-order chi connectivity index (χ1) is 11.0. The van der Waals surface area contributed by atoms with Crippen LogP contribution in [0.3, 0.4) is 0 Å². The highest BCUT2D eigenvalue weighted by atomic mass is 16.1. The Bertz CT molecular complexity index is 684. The molecule has 0 saturated carbocycles. The Hall–Kier alpha value is -2.43. The number of amides is 1. The van der Waals surface area contributed by atoms with Crippen LogP contribution in [0, 0.1) is 6.92 Å². The van der Waals surface area contributed by atoms with Crippen LogP contribution in [0.1, 0.15) is 49.1 Å². The van der Waals surface area contributed by atoms with E-state index in [1.165, 1.54) is 0 Å². The van der Waals surface area contributed by atoms with E-state index in [0.717, 1.165) is 24.1 Å². The second-order valence-corrected chi connectivity index (χ2v) is 5.60. The van der Waals surface area contributed by atoms with Crippen LogP contribution in [-0.2, 0) is 6.42 Å². The van der Waals surface area contributed by atoms with Crippen molar-refractivity contribution >= 4 is 17.4 Å². The number of aryl methyl sites for hydroxylation is 2. The molecule has 0 saturated heterocycles.